The smallest absolute Gasteiger partial charge is 0.116 e. The molecule has 1 heterocycles. The highest BCUT2D eigenvalue weighted by atomic mass is 35.5. The fraction of sp³-hybridized carbons (Fsp3) is 0.538. The molecule has 2 heteroatoms. The zero-order valence-electron chi connectivity index (χ0n) is 9.51. The molecule has 1 aromatic carbocycles. The maximum atomic E-state index is 6.49. The second-order valence-electron chi connectivity index (χ2n) is 4.69. The van der Waals surface area contributed by atoms with Crippen LogP contribution in [-0.4, -0.2) is 13.2 Å². The van der Waals surface area contributed by atoms with E-state index in [2.05, 4.69) is 39.0 Å². The lowest BCUT2D eigenvalue weighted by Gasteiger charge is -2.37. The zero-order valence-corrected chi connectivity index (χ0v) is 10.3. The van der Waals surface area contributed by atoms with Gasteiger partial charge in [0.2, 0.25) is 0 Å². The highest BCUT2D eigenvalue weighted by Gasteiger charge is 2.39. The van der Waals surface area contributed by atoms with Crippen molar-refractivity contribution in [2.75, 3.05) is 13.2 Å². The van der Waals surface area contributed by atoms with Gasteiger partial charge in [0, 0.05) is 0 Å². The van der Waals surface area contributed by atoms with Gasteiger partial charge in [0.05, 0.1) is 13.2 Å². The van der Waals surface area contributed by atoms with Crippen LogP contribution in [0.25, 0.3) is 0 Å². The molecule has 82 valence electrons. The van der Waals surface area contributed by atoms with E-state index in [0.29, 0.717) is 19.1 Å². The topological polar surface area (TPSA) is 9.23 Å². The number of halogens is 1. The minimum Gasteiger partial charge on any atom is -0.377 e. The van der Waals surface area contributed by atoms with E-state index in [1.165, 1.54) is 16.7 Å². The largest absolute Gasteiger partial charge is 0.377 e. The summed E-state index contributed by atoms with van der Waals surface area (Å²) in [6.45, 7) is 7.79. The Labute approximate surface area is 96.4 Å². The lowest BCUT2D eigenvalue weighted by atomic mass is 9.88. The van der Waals surface area contributed by atoms with Crippen molar-refractivity contribution in [2.45, 2.75) is 31.6 Å². The van der Waals surface area contributed by atoms with Gasteiger partial charge < -0.3 is 4.74 Å². The Hall–Kier alpha value is -0.530. The molecule has 0 aromatic heterocycles. The molecule has 15 heavy (non-hydrogen) atoms. The third-order valence-electron chi connectivity index (χ3n) is 3.07. The average Bonchev–Trinajstić information content (AvgIpc) is 2.14. The van der Waals surface area contributed by atoms with Crippen LogP contribution in [0.4, 0.5) is 0 Å². The van der Waals surface area contributed by atoms with Crippen LogP contribution in [0.5, 0.6) is 0 Å². The molecule has 1 aromatic rings. The maximum Gasteiger partial charge on any atom is 0.116 e. The molecule has 0 saturated carbocycles. The zero-order chi connectivity index (χ0) is 11.1. The first-order chi connectivity index (χ1) is 7.03. The van der Waals surface area contributed by atoms with Crippen LogP contribution in [0, 0.1) is 6.92 Å². The van der Waals surface area contributed by atoms with Crippen molar-refractivity contribution < 1.29 is 4.74 Å². The Morgan fingerprint density at radius 3 is 2.47 bits per heavy atom. The molecular formula is C13H17ClO. The van der Waals surface area contributed by atoms with Gasteiger partial charge in [-0.1, -0.05) is 32.0 Å². The van der Waals surface area contributed by atoms with Gasteiger partial charge in [0.15, 0.2) is 0 Å². The first kappa shape index (κ1) is 11.0. The van der Waals surface area contributed by atoms with E-state index in [9.17, 15) is 0 Å². The quantitative estimate of drug-likeness (QED) is 0.698. The first-order valence-electron chi connectivity index (χ1n) is 5.40. The van der Waals surface area contributed by atoms with Crippen molar-refractivity contribution >= 4 is 11.6 Å². The molecule has 2 rings (SSSR count). The number of ether oxygens (including phenoxy) is 1. The van der Waals surface area contributed by atoms with E-state index in [1.54, 1.807) is 0 Å². The third-order valence-corrected chi connectivity index (χ3v) is 3.49. The highest BCUT2D eigenvalue weighted by Crippen LogP contribution is 2.39. The third kappa shape index (κ3) is 1.91. The van der Waals surface area contributed by atoms with Gasteiger partial charge >= 0.3 is 0 Å². The van der Waals surface area contributed by atoms with Crippen molar-refractivity contribution in [3.05, 3.63) is 34.9 Å². The van der Waals surface area contributed by atoms with Crippen LogP contribution >= 0.6 is 11.6 Å². The van der Waals surface area contributed by atoms with Gasteiger partial charge in [-0.25, -0.2) is 0 Å². The number of hydrogen-bond donors (Lipinski definition) is 0. The second kappa shape index (κ2) is 3.80. The summed E-state index contributed by atoms with van der Waals surface area (Å²) in [5.41, 5.74) is 3.85. The molecule has 1 aliphatic heterocycles. The van der Waals surface area contributed by atoms with E-state index in [4.69, 9.17) is 16.3 Å². The molecule has 0 atom stereocenters. The maximum absolute atomic E-state index is 6.49. The first-order valence-corrected chi connectivity index (χ1v) is 5.78. The predicted octanol–water partition coefficient (Wildman–Crippen LogP) is 3.58. The summed E-state index contributed by atoms with van der Waals surface area (Å²) in [7, 11) is 0. The molecule has 1 saturated heterocycles. The summed E-state index contributed by atoms with van der Waals surface area (Å²) in [6.07, 6.45) is 0. The van der Waals surface area contributed by atoms with Gasteiger partial charge in [-0.3, -0.25) is 0 Å². The second-order valence-corrected chi connectivity index (χ2v) is 5.41. The van der Waals surface area contributed by atoms with Crippen molar-refractivity contribution in [1.82, 2.24) is 0 Å². The van der Waals surface area contributed by atoms with Gasteiger partial charge in [0.1, 0.15) is 4.87 Å². The van der Waals surface area contributed by atoms with Crippen molar-refractivity contribution in [2.24, 2.45) is 0 Å². The molecule has 1 nitrogen and oxygen atoms in total. The number of aryl methyl sites for hydroxylation is 1. The Kier molecular flexibility index (Phi) is 2.78. The molecule has 1 aliphatic rings. The van der Waals surface area contributed by atoms with E-state index < -0.39 is 0 Å². The molecule has 0 amide bonds. The van der Waals surface area contributed by atoms with E-state index >= 15 is 0 Å². The highest BCUT2D eigenvalue weighted by molar-refractivity contribution is 6.24. The predicted molar refractivity (Wildman–Crippen MR) is 63.6 cm³/mol. The van der Waals surface area contributed by atoms with E-state index in [-0.39, 0.29) is 4.87 Å². The van der Waals surface area contributed by atoms with Crippen LogP contribution in [0.1, 0.15) is 36.5 Å². The van der Waals surface area contributed by atoms with Gasteiger partial charge in [-0.2, -0.15) is 0 Å². The van der Waals surface area contributed by atoms with E-state index in [1.807, 2.05) is 0 Å². The fourth-order valence-corrected chi connectivity index (χ4v) is 2.28. The summed E-state index contributed by atoms with van der Waals surface area (Å²) in [5, 5.41) is 0. The minimum atomic E-state index is -0.269. The average molecular weight is 225 g/mol. The monoisotopic (exact) mass is 224 g/mol. The SMILES string of the molecule is Cc1ccc(C(C)C)cc1C1(Cl)COC1. The molecule has 0 bridgehead atoms. The van der Waals surface area contributed by atoms with Gasteiger partial charge in [-0.05, 0) is 29.5 Å². The lowest BCUT2D eigenvalue weighted by Crippen LogP contribution is -2.42. The molecular weight excluding hydrogens is 208 g/mol. The lowest BCUT2D eigenvalue weighted by molar-refractivity contribution is -0.0155. The standard InChI is InChI=1S/C13H17ClO/c1-9(2)11-5-4-10(3)12(6-11)13(14)7-15-8-13/h4-6,9H,7-8H2,1-3H3. The number of alkyl halides is 1. The molecule has 0 unspecified atom stereocenters. The number of hydrogen-bond acceptors (Lipinski definition) is 1. The van der Waals surface area contributed by atoms with Crippen LogP contribution in [0.2, 0.25) is 0 Å². The summed E-state index contributed by atoms with van der Waals surface area (Å²) in [4.78, 5) is -0.269. The van der Waals surface area contributed by atoms with Crippen molar-refractivity contribution in [3.8, 4) is 0 Å². The minimum absolute atomic E-state index is 0.269. The fourth-order valence-electron chi connectivity index (χ4n) is 1.92. The summed E-state index contributed by atoms with van der Waals surface area (Å²) < 4.78 is 5.22. The van der Waals surface area contributed by atoms with Crippen molar-refractivity contribution in [3.63, 3.8) is 0 Å². The van der Waals surface area contributed by atoms with Crippen LogP contribution in [-0.2, 0) is 9.61 Å². The Morgan fingerprint density at radius 2 is 2.00 bits per heavy atom. The van der Waals surface area contributed by atoms with Crippen LogP contribution in [0.3, 0.4) is 0 Å². The molecule has 0 spiro atoms. The molecule has 1 fully saturated rings. The van der Waals surface area contributed by atoms with Gasteiger partial charge in [0.25, 0.3) is 0 Å². The number of benzene rings is 1. The Bertz CT molecular complexity index is 367. The molecule has 0 aliphatic carbocycles. The van der Waals surface area contributed by atoms with Crippen LogP contribution in [0.15, 0.2) is 18.2 Å². The summed E-state index contributed by atoms with van der Waals surface area (Å²) in [5.74, 6) is 0.547. The van der Waals surface area contributed by atoms with E-state index in [0.717, 1.165) is 0 Å². The van der Waals surface area contributed by atoms with Gasteiger partial charge in [-0.15, -0.1) is 11.6 Å². The Balaban J connectivity index is 2.41. The van der Waals surface area contributed by atoms with Crippen molar-refractivity contribution in [1.29, 1.82) is 0 Å². The van der Waals surface area contributed by atoms with Crippen LogP contribution < -0.4 is 0 Å². The number of rotatable bonds is 2. The Morgan fingerprint density at radius 1 is 1.33 bits per heavy atom. The molecule has 0 N–H and O–H groups in total. The normalized spacial score (nSPS) is 19.0. The summed E-state index contributed by atoms with van der Waals surface area (Å²) in [6, 6.07) is 6.58. The summed E-state index contributed by atoms with van der Waals surface area (Å²) >= 11 is 6.49. The molecule has 0 radical (unpaired) electrons.